The van der Waals surface area contributed by atoms with Gasteiger partial charge < -0.3 is 19.5 Å². The zero-order valence-corrected chi connectivity index (χ0v) is 18.1. The number of anilines is 2. The summed E-state index contributed by atoms with van der Waals surface area (Å²) in [5.41, 5.74) is 5.13. The zero-order valence-electron chi connectivity index (χ0n) is 18.1. The van der Waals surface area contributed by atoms with Gasteiger partial charge in [0.05, 0.1) is 5.69 Å². The Kier molecular flexibility index (Phi) is 5.68. The molecule has 0 aliphatic rings. The van der Waals surface area contributed by atoms with Gasteiger partial charge in [-0.3, -0.25) is 4.79 Å². The first kappa shape index (κ1) is 20.6. The van der Waals surface area contributed by atoms with Crippen LogP contribution in [0.15, 0.2) is 65.1 Å². The minimum Gasteiger partial charge on any atom is -0.434 e. The monoisotopic (exact) mass is 415 g/mol. The van der Waals surface area contributed by atoms with E-state index in [4.69, 9.17) is 4.42 Å². The summed E-state index contributed by atoms with van der Waals surface area (Å²) in [6, 6.07) is 18.8. The number of amides is 1. The number of carbonyl (C=O) groups excluding carboxylic acids is 1. The predicted octanol–water partition coefficient (Wildman–Crippen LogP) is 4.27. The van der Waals surface area contributed by atoms with Crippen molar-refractivity contribution in [1.82, 2.24) is 14.9 Å². The van der Waals surface area contributed by atoms with Gasteiger partial charge in [-0.05, 0) is 62.6 Å². The van der Waals surface area contributed by atoms with Gasteiger partial charge in [0.1, 0.15) is 0 Å². The zero-order chi connectivity index (χ0) is 22.0. The van der Waals surface area contributed by atoms with Gasteiger partial charge in [0.15, 0.2) is 11.2 Å². The highest BCUT2D eigenvalue weighted by atomic mass is 16.3. The quantitative estimate of drug-likeness (QED) is 0.507. The van der Waals surface area contributed by atoms with Crippen LogP contribution in [-0.2, 0) is 6.54 Å². The van der Waals surface area contributed by atoms with Crippen LogP contribution in [0.1, 0.15) is 16.1 Å². The van der Waals surface area contributed by atoms with E-state index in [9.17, 15) is 4.79 Å². The Labute approximate surface area is 181 Å². The Morgan fingerprint density at radius 2 is 1.77 bits per heavy atom. The number of hydrogen-bond acceptors (Lipinski definition) is 6. The smallest absolute Gasteiger partial charge is 0.255 e. The van der Waals surface area contributed by atoms with Gasteiger partial charge in [0, 0.05) is 43.1 Å². The molecule has 7 heteroatoms. The molecule has 0 bridgehead atoms. The largest absolute Gasteiger partial charge is 0.434 e. The van der Waals surface area contributed by atoms with Crippen LogP contribution in [0, 0.1) is 0 Å². The van der Waals surface area contributed by atoms with Crippen LogP contribution in [0.3, 0.4) is 0 Å². The lowest BCUT2D eigenvalue weighted by Gasteiger charge is -2.13. The van der Waals surface area contributed by atoms with Gasteiger partial charge in [0.2, 0.25) is 5.89 Å². The lowest BCUT2D eigenvalue weighted by Crippen LogP contribution is -2.14. The summed E-state index contributed by atoms with van der Waals surface area (Å²) in [7, 11) is 7.88. The second kappa shape index (κ2) is 8.57. The van der Waals surface area contributed by atoms with Crippen LogP contribution in [0.25, 0.3) is 22.7 Å². The Morgan fingerprint density at radius 1 is 0.968 bits per heavy atom. The molecule has 0 saturated carbocycles. The Hall–Kier alpha value is -3.71. The molecule has 0 fully saturated rings. The number of hydrogen-bond donors (Lipinski definition) is 1. The summed E-state index contributed by atoms with van der Waals surface area (Å²) in [5, 5.41) is 2.95. The first-order valence-corrected chi connectivity index (χ1v) is 9.99. The normalized spacial score (nSPS) is 11.1. The summed E-state index contributed by atoms with van der Waals surface area (Å²) in [5.74, 6) is 0.295. The summed E-state index contributed by atoms with van der Waals surface area (Å²) in [4.78, 5) is 25.9. The van der Waals surface area contributed by atoms with Crippen molar-refractivity contribution in [1.29, 1.82) is 0 Å². The fourth-order valence-corrected chi connectivity index (χ4v) is 3.25. The summed E-state index contributed by atoms with van der Waals surface area (Å²) in [6.45, 7) is 0.731. The molecule has 2 heterocycles. The van der Waals surface area contributed by atoms with Crippen molar-refractivity contribution in [3.05, 3.63) is 71.9 Å². The fourth-order valence-electron chi connectivity index (χ4n) is 3.25. The molecule has 1 amide bonds. The topological polar surface area (TPSA) is 74.5 Å². The van der Waals surface area contributed by atoms with E-state index in [-0.39, 0.29) is 5.91 Å². The van der Waals surface area contributed by atoms with Crippen molar-refractivity contribution in [2.45, 2.75) is 6.54 Å². The van der Waals surface area contributed by atoms with E-state index in [1.807, 2.05) is 87.7 Å². The lowest BCUT2D eigenvalue weighted by atomic mass is 10.1. The number of rotatable bonds is 6. The molecule has 0 spiro atoms. The molecule has 7 nitrogen and oxygen atoms in total. The maximum Gasteiger partial charge on any atom is 0.255 e. The standard InChI is InChI=1S/C24H25N5O2/c1-28(2)15-19-11-12-21-22(25-19)27-24(31-21)17-8-5-9-18(13-17)26-23(30)16-7-6-10-20(14-16)29(3)4/h5-14H,15H2,1-4H3,(H,26,30). The molecule has 0 aliphatic carbocycles. The van der Waals surface area contributed by atoms with E-state index >= 15 is 0 Å². The van der Waals surface area contributed by atoms with Crippen LogP contribution < -0.4 is 10.2 Å². The molecule has 4 aromatic rings. The minimum absolute atomic E-state index is 0.173. The molecular weight excluding hydrogens is 390 g/mol. The number of carbonyl (C=O) groups is 1. The molecule has 158 valence electrons. The SMILES string of the molecule is CN(C)Cc1ccc2oc(-c3cccc(NC(=O)c4cccc(N(C)C)c4)c3)nc2n1. The second-order valence-electron chi connectivity index (χ2n) is 7.86. The molecule has 4 rings (SSSR count). The summed E-state index contributed by atoms with van der Waals surface area (Å²) in [6.07, 6.45) is 0. The van der Waals surface area contributed by atoms with Crippen molar-refractivity contribution in [2.75, 3.05) is 38.4 Å². The van der Waals surface area contributed by atoms with E-state index in [0.29, 0.717) is 28.4 Å². The minimum atomic E-state index is -0.173. The molecule has 2 aromatic carbocycles. The fraction of sp³-hybridized carbons (Fsp3) is 0.208. The van der Waals surface area contributed by atoms with Crippen molar-refractivity contribution in [3.63, 3.8) is 0 Å². The molecule has 2 aromatic heterocycles. The van der Waals surface area contributed by atoms with Crippen LogP contribution >= 0.6 is 0 Å². The predicted molar refractivity (Wildman–Crippen MR) is 123 cm³/mol. The van der Waals surface area contributed by atoms with Gasteiger partial charge >= 0.3 is 0 Å². The number of oxazole rings is 1. The average Bonchev–Trinajstić information content (AvgIpc) is 3.17. The number of nitrogens with zero attached hydrogens (tertiary/aromatic N) is 4. The lowest BCUT2D eigenvalue weighted by molar-refractivity contribution is 0.102. The molecule has 0 aliphatic heterocycles. The third kappa shape index (κ3) is 4.73. The molecule has 0 radical (unpaired) electrons. The second-order valence-corrected chi connectivity index (χ2v) is 7.86. The average molecular weight is 415 g/mol. The number of pyridine rings is 1. The van der Waals surface area contributed by atoms with Crippen molar-refractivity contribution < 1.29 is 9.21 Å². The third-order valence-electron chi connectivity index (χ3n) is 4.78. The Morgan fingerprint density at radius 3 is 2.55 bits per heavy atom. The van der Waals surface area contributed by atoms with E-state index in [2.05, 4.69) is 20.2 Å². The van der Waals surface area contributed by atoms with E-state index in [0.717, 1.165) is 23.5 Å². The van der Waals surface area contributed by atoms with Gasteiger partial charge in [0.25, 0.3) is 5.91 Å². The molecule has 0 saturated heterocycles. The van der Waals surface area contributed by atoms with Crippen LogP contribution in [0.5, 0.6) is 0 Å². The Balaban J connectivity index is 1.57. The third-order valence-corrected chi connectivity index (χ3v) is 4.78. The molecule has 0 atom stereocenters. The van der Waals surface area contributed by atoms with Gasteiger partial charge in [-0.2, -0.15) is 4.98 Å². The maximum absolute atomic E-state index is 12.7. The molecule has 1 N–H and O–H groups in total. The van der Waals surface area contributed by atoms with Gasteiger partial charge in [-0.25, -0.2) is 4.98 Å². The van der Waals surface area contributed by atoms with E-state index in [1.54, 1.807) is 6.07 Å². The highest BCUT2D eigenvalue weighted by molar-refractivity contribution is 6.05. The number of fused-ring (bicyclic) bond motifs is 1. The van der Waals surface area contributed by atoms with Gasteiger partial charge in [-0.15, -0.1) is 0 Å². The van der Waals surface area contributed by atoms with E-state index < -0.39 is 0 Å². The summed E-state index contributed by atoms with van der Waals surface area (Å²) >= 11 is 0. The first-order valence-electron chi connectivity index (χ1n) is 9.99. The van der Waals surface area contributed by atoms with E-state index in [1.165, 1.54) is 0 Å². The van der Waals surface area contributed by atoms with Gasteiger partial charge in [-0.1, -0.05) is 12.1 Å². The molecule has 0 unspecified atom stereocenters. The van der Waals surface area contributed by atoms with Crippen molar-refractivity contribution in [2.24, 2.45) is 0 Å². The number of benzene rings is 2. The Bertz CT molecular complexity index is 1230. The molecule has 31 heavy (non-hydrogen) atoms. The van der Waals surface area contributed by atoms with Crippen LogP contribution in [-0.4, -0.2) is 49.0 Å². The highest BCUT2D eigenvalue weighted by Crippen LogP contribution is 2.26. The van der Waals surface area contributed by atoms with Crippen molar-refractivity contribution in [3.8, 4) is 11.5 Å². The summed E-state index contributed by atoms with van der Waals surface area (Å²) < 4.78 is 5.90. The number of nitrogens with one attached hydrogen (secondary N) is 1. The number of aromatic nitrogens is 2. The first-order chi connectivity index (χ1) is 14.9. The van der Waals surface area contributed by atoms with Crippen LogP contribution in [0.2, 0.25) is 0 Å². The molecular formula is C24H25N5O2. The maximum atomic E-state index is 12.7. The highest BCUT2D eigenvalue weighted by Gasteiger charge is 2.13. The van der Waals surface area contributed by atoms with Crippen molar-refractivity contribution >= 4 is 28.5 Å². The van der Waals surface area contributed by atoms with Crippen LogP contribution in [0.4, 0.5) is 11.4 Å².